The molecular formula is C21H30N4O2. The first kappa shape index (κ1) is 20.7. The van der Waals surface area contributed by atoms with Crippen LogP contribution in [0.15, 0.2) is 30.3 Å². The van der Waals surface area contributed by atoms with Crippen molar-refractivity contribution < 1.29 is 9.53 Å². The second-order valence-electron chi connectivity index (χ2n) is 6.79. The molecule has 0 aliphatic carbocycles. The van der Waals surface area contributed by atoms with Crippen LogP contribution in [0.5, 0.6) is 5.75 Å². The number of carbonyl (C=O) groups excluding carboxylic acids is 1. The molecule has 0 saturated carbocycles. The molecule has 0 unspecified atom stereocenters. The molecule has 2 rings (SSSR count). The van der Waals surface area contributed by atoms with Crippen LogP contribution < -0.4 is 15.0 Å². The van der Waals surface area contributed by atoms with Gasteiger partial charge in [-0.2, -0.15) is 0 Å². The van der Waals surface area contributed by atoms with Crippen LogP contribution in [0.3, 0.4) is 0 Å². The Morgan fingerprint density at radius 1 is 1.11 bits per heavy atom. The molecule has 0 saturated heterocycles. The Labute approximate surface area is 162 Å². The lowest BCUT2D eigenvalue weighted by molar-refractivity contribution is 0.102. The van der Waals surface area contributed by atoms with Crippen molar-refractivity contribution in [2.45, 2.75) is 53.6 Å². The van der Waals surface area contributed by atoms with E-state index in [0.717, 1.165) is 37.5 Å². The van der Waals surface area contributed by atoms with Gasteiger partial charge in [0.15, 0.2) is 0 Å². The Morgan fingerprint density at radius 3 is 2.30 bits per heavy atom. The predicted molar refractivity (Wildman–Crippen MR) is 110 cm³/mol. The highest BCUT2D eigenvalue weighted by molar-refractivity contribution is 6.03. The number of aromatic nitrogens is 2. The predicted octanol–water partition coefficient (Wildman–Crippen LogP) is 4.45. The Kier molecular flexibility index (Phi) is 7.58. The molecule has 1 aromatic carbocycles. The van der Waals surface area contributed by atoms with E-state index >= 15 is 0 Å². The van der Waals surface area contributed by atoms with E-state index in [0.29, 0.717) is 17.2 Å². The molecule has 0 bridgehead atoms. The number of hydrogen-bond donors (Lipinski definition) is 1. The largest absolute Gasteiger partial charge is 0.491 e. The van der Waals surface area contributed by atoms with Crippen molar-refractivity contribution in [1.29, 1.82) is 0 Å². The number of aryl methyl sites for hydroxylation is 1. The van der Waals surface area contributed by atoms with Crippen LogP contribution in [0, 0.1) is 6.92 Å². The zero-order valence-corrected chi connectivity index (χ0v) is 17.0. The van der Waals surface area contributed by atoms with Crippen LogP contribution in [-0.4, -0.2) is 35.1 Å². The van der Waals surface area contributed by atoms with Crippen LogP contribution in [-0.2, 0) is 0 Å². The summed E-state index contributed by atoms with van der Waals surface area (Å²) in [7, 11) is 0. The minimum absolute atomic E-state index is 0.113. The van der Waals surface area contributed by atoms with Gasteiger partial charge >= 0.3 is 0 Å². The highest BCUT2D eigenvalue weighted by atomic mass is 16.5. The summed E-state index contributed by atoms with van der Waals surface area (Å²) in [5, 5.41) is 2.89. The third-order valence-corrected chi connectivity index (χ3v) is 3.85. The molecule has 6 nitrogen and oxygen atoms in total. The van der Waals surface area contributed by atoms with E-state index < -0.39 is 0 Å². The number of nitrogens with zero attached hydrogens (tertiary/aromatic N) is 3. The van der Waals surface area contributed by atoms with Gasteiger partial charge in [-0.1, -0.05) is 13.8 Å². The fourth-order valence-corrected chi connectivity index (χ4v) is 2.80. The van der Waals surface area contributed by atoms with Crippen molar-refractivity contribution in [2.24, 2.45) is 0 Å². The lowest BCUT2D eigenvalue weighted by atomic mass is 10.2. The number of amides is 1. The number of benzene rings is 1. The molecule has 6 heteroatoms. The molecule has 0 radical (unpaired) electrons. The second kappa shape index (κ2) is 9.90. The highest BCUT2D eigenvalue weighted by Gasteiger charge is 2.14. The SMILES string of the molecule is CCCN(CCC)c1cc(C(=O)Nc2ccc(OC(C)C)cc2)nc(C)n1. The van der Waals surface area contributed by atoms with Gasteiger partial charge in [0.05, 0.1) is 6.10 Å². The van der Waals surface area contributed by atoms with Gasteiger partial charge in [0.2, 0.25) is 0 Å². The van der Waals surface area contributed by atoms with E-state index in [-0.39, 0.29) is 12.0 Å². The van der Waals surface area contributed by atoms with E-state index in [1.54, 1.807) is 6.07 Å². The summed E-state index contributed by atoms with van der Waals surface area (Å²) in [5.74, 6) is 1.93. The average molecular weight is 370 g/mol. The maximum Gasteiger partial charge on any atom is 0.274 e. The molecule has 0 aliphatic rings. The number of hydrogen-bond acceptors (Lipinski definition) is 5. The highest BCUT2D eigenvalue weighted by Crippen LogP contribution is 2.19. The molecule has 27 heavy (non-hydrogen) atoms. The molecule has 146 valence electrons. The lowest BCUT2D eigenvalue weighted by Crippen LogP contribution is -2.27. The van der Waals surface area contributed by atoms with Crippen LogP contribution >= 0.6 is 0 Å². The minimum Gasteiger partial charge on any atom is -0.491 e. The normalized spacial score (nSPS) is 10.7. The molecule has 0 aliphatic heterocycles. The summed E-state index contributed by atoms with van der Waals surface area (Å²) in [6.45, 7) is 11.9. The summed E-state index contributed by atoms with van der Waals surface area (Å²) < 4.78 is 5.62. The number of carbonyl (C=O) groups is 1. The summed E-state index contributed by atoms with van der Waals surface area (Å²) in [4.78, 5) is 23.7. The van der Waals surface area contributed by atoms with E-state index in [1.165, 1.54) is 0 Å². The first-order valence-electron chi connectivity index (χ1n) is 9.61. The van der Waals surface area contributed by atoms with Crippen LogP contribution in [0.25, 0.3) is 0 Å². The zero-order chi connectivity index (χ0) is 19.8. The molecular weight excluding hydrogens is 340 g/mol. The molecule has 0 atom stereocenters. The average Bonchev–Trinajstić information content (AvgIpc) is 2.62. The van der Waals surface area contributed by atoms with Crippen molar-refractivity contribution >= 4 is 17.4 Å². The van der Waals surface area contributed by atoms with Gasteiger partial charge in [-0.05, 0) is 57.9 Å². The molecule has 0 fully saturated rings. The number of nitrogens with one attached hydrogen (secondary N) is 1. The van der Waals surface area contributed by atoms with Gasteiger partial charge in [-0.25, -0.2) is 9.97 Å². The third-order valence-electron chi connectivity index (χ3n) is 3.85. The number of anilines is 2. The van der Waals surface area contributed by atoms with Crippen LogP contribution in [0.1, 0.15) is 56.8 Å². The number of rotatable bonds is 9. The Bertz CT molecular complexity index is 738. The van der Waals surface area contributed by atoms with Crippen molar-refractivity contribution in [3.05, 3.63) is 41.9 Å². The Morgan fingerprint density at radius 2 is 1.74 bits per heavy atom. The van der Waals surface area contributed by atoms with Gasteiger partial charge in [0.25, 0.3) is 5.91 Å². The van der Waals surface area contributed by atoms with Crippen LogP contribution in [0.4, 0.5) is 11.5 Å². The van der Waals surface area contributed by atoms with Gasteiger partial charge in [-0.15, -0.1) is 0 Å². The van der Waals surface area contributed by atoms with Gasteiger partial charge in [0.1, 0.15) is 23.1 Å². The smallest absolute Gasteiger partial charge is 0.274 e. The van der Waals surface area contributed by atoms with Crippen molar-refractivity contribution in [3.63, 3.8) is 0 Å². The summed E-state index contributed by atoms with van der Waals surface area (Å²) in [6.07, 6.45) is 2.16. The maximum absolute atomic E-state index is 12.7. The fraction of sp³-hybridized carbons (Fsp3) is 0.476. The van der Waals surface area contributed by atoms with E-state index in [9.17, 15) is 4.79 Å². The molecule has 2 aromatic rings. The van der Waals surface area contributed by atoms with Gasteiger partial charge in [0, 0.05) is 24.8 Å². The van der Waals surface area contributed by atoms with E-state index in [4.69, 9.17) is 4.74 Å². The molecule has 1 amide bonds. The van der Waals surface area contributed by atoms with Gasteiger partial charge < -0.3 is 15.0 Å². The Balaban J connectivity index is 2.15. The van der Waals surface area contributed by atoms with Gasteiger partial charge in [-0.3, -0.25) is 4.79 Å². The van der Waals surface area contributed by atoms with Crippen molar-refractivity contribution in [2.75, 3.05) is 23.3 Å². The lowest BCUT2D eigenvalue weighted by Gasteiger charge is -2.23. The standard InChI is InChI=1S/C21H30N4O2/c1-6-12-25(13-7-2)20-14-19(22-16(5)23-20)21(26)24-17-8-10-18(11-9-17)27-15(3)4/h8-11,14-15H,6-7,12-13H2,1-5H3,(H,24,26). The minimum atomic E-state index is -0.243. The monoisotopic (exact) mass is 370 g/mol. The quantitative estimate of drug-likeness (QED) is 0.706. The molecule has 0 spiro atoms. The Hall–Kier alpha value is -2.63. The first-order valence-corrected chi connectivity index (χ1v) is 9.61. The first-order chi connectivity index (χ1) is 12.9. The molecule has 1 aromatic heterocycles. The van der Waals surface area contributed by atoms with Crippen LogP contribution in [0.2, 0.25) is 0 Å². The van der Waals surface area contributed by atoms with Crippen molar-refractivity contribution in [3.8, 4) is 5.75 Å². The summed E-state index contributed by atoms with van der Waals surface area (Å²) in [5.41, 5.74) is 1.07. The molecule has 1 N–H and O–H groups in total. The third kappa shape index (κ3) is 6.24. The maximum atomic E-state index is 12.7. The fourth-order valence-electron chi connectivity index (χ4n) is 2.80. The van der Waals surface area contributed by atoms with Crippen molar-refractivity contribution in [1.82, 2.24) is 9.97 Å². The summed E-state index contributed by atoms with van der Waals surface area (Å²) >= 11 is 0. The second-order valence-corrected chi connectivity index (χ2v) is 6.79. The summed E-state index contributed by atoms with van der Waals surface area (Å²) in [6, 6.07) is 9.10. The topological polar surface area (TPSA) is 67.4 Å². The molecule has 1 heterocycles. The number of ether oxygens (including phenoxy) is 1. The zero-order valence-electron chi connectivity index (χ0n) is 17.0. The van der Waals surface area contributed by atoms with E-state index in [1.807, 2.05) is 45.0 Å². The van der Waals surface area contributed by atoms with E-state index in [2.05, 4.69) is 34.0 Å².